The third kappa shape index (κ3) is 1.92. The molecule has 2 atom stereocenters. The Labute approximate surface area is 186 Å². The van der Waals surface area contributed by atoms with Gasteiger partial charge in [0.15, 0.2) is 0 Å². The van der Waals surface area contributed by atoms with Crippen LogP contribution in [-0.2, 0) is 25.2 Å². The molecule has 1 fully saturated rings. The highest BCUT2D eigenvalue weighted by atomic mass is 16.2. The summed E-state index contributed by atoms with van der Waals surface area (Å²) in [5.74, 6) is -1.90. The molecule has 32 heavy (non-hydrogen) atoms. The van der Waals surface area contributed by atoms with Crippen LogP contribution in [0.5, 0.6) is 0 Å². The van der Waals surface area contributed by atoms with E-state index in [0.29, 0.717) is 5.69 Å². The Morgan fingerprint density at radius 3 is 1.81 bits per heavy atom. The van der Waals surface area contributed by atoms with E-state index in [2.05, 4.69) is 6.92 Å². The van der Waals surface area contributed by atoms with Crippen molar-refractivity contribution in [1.29, 1.82) is 0 Å². The molecular weight excluding hydrogens is 398 g/mol. The van der Waals surface area contributed by atoms with Gasteiger partial charge in [0.05, 0.1) is 22.9 Å². The third-order valence-corrected chi connectivity index (χ3v) is 8.22. The van der Waals surface area contributed by atoms with Gasteiger partial charge in [0.25, 0.3) is 0 Å². The normalized spacial score (nSPS) is 29.5. The number of nitrogens with zero attached hydrogens (tertiary/aromatic N) is 1. The van der Waals surface area contributed by atoms with Crippen molar-refractivity contribution in [2.45, 2.75) is 31.6 Å². The number of benzene rings is 3. The molecule has 0 saturated carbocycles. The quantitative estimate of drug-likeness (QED) is 0.460. The number of aryl methyl sites for hydroxylation is 2. The highest BCUT2D eigenvalue weighted by Crippen LogP contribution is 2.66. The van der Waals surface area contributed by atoms with Crippen molar-refractivity contribution < 1.29 is 14.4 Å². The maximum Gasteiger partial charge on any atom is 0.239 e. The molecule has 4 nitrogen and oxygen atoms in total. The minimum Gasteiger partial charge on any atom is -0.302 e. The first kappa shape index (κ1) is 19.2. The average molecular weight is 421 g/mol. The van der Waals surface area contributed by atoms with E-state index in [1.54, 1.807) is 0 Å². The lowest BCUT2D eigenvalue weighted by Crippen LogP contribution is -2.61. The van der Waals surface area contributed by atoms with Gasteiger partial charge in [-0.3, -0.25) is 9.59 Å². The van der Waals surface area contributed by atoms with Crippen molar-refractivity contribution in [2.75, 3.05) is 4.90 Å². The number of hydrogen-bond donors (Lipinski definition) is 0. The summed E-state index contributed by atoms with van der Waals surface area (Å²) in [5, 5.41) is 0. The minimum atomic E-state index is -1.17. The van der Waals surface area contributed by atoms with Crippen LogP contribution in [-0.4, -0.2) is 18.1 Å². The minimum absolute atomic E-state index is 0.221. The molecule has 158 valence electrons. The molecule has 0 aromatic heterocycles. The Morgan fingerprint density at radius 1 is 0.750 bits per heavy atom. The zero-order valence-electron chi connectivity index (χ0n) is 18.3. The van der Waals surface area contributed by atoms with Crippen LogP contribution in [0, 0.1) is 25.7 Å². The van der Waals surface area contributed by atoms with Gasteiger partial charge in [0.1, 0.15) is 6.29 Å². The number of imide groups is 1. The number of anilines is 1. The van der Waals surface area contributed by atoms with E-state index in [0.717, 1.165) is 39.7 Å². The van der Waals surface area contributed by atoms with Gasteiger partial charge in [-0.05, 0) is 59.4 Å². The molecule has 2 amide bonds. The molecule has 2 bridgehead atoms. The second-order valence-corrected chi connectivity index (χ2v) is 9.52. The third-order valence-electron chi connectivity index (χ3n) is 8.22. The van der Waals surface area contributed by atoms with Crippen molar-refractivity contribution in [2.24, 2.45) is 11.8 Å². The van der Waals surface area contributed by atoms with Gasteiger partial charge < -0.3 is 4.79 Å². The van der Waals surface area contributed by atoms with Crippen LogP contribution >= 0.6 is 0 Å². The van der Waals surface area contributed by atoms with Gasteiger partial charge in [-0.15, -0.1) is 0 Å². The average Bonchev–Trinajstić information content (AvgIpc) is 3.08. The zero-order chi connectivity index (χ0) is 22.4. The van der Waals surface area contributed by atoms with Gasteiger partial charge in [0, 0.05) is 5.41 Å². The summed E-state index contributed by atoms with van der Waals surface area (Å²) in [7, 11) is 0. The molecule has 3 aliphatic carbocycles. The molecule has 0 N–H and O–H groups in total. The van der Waals surface area contributed by atoms with Crippen LogP contribution in [0.2, 0.25) is 0 Å². The van der Waals surface area contributed by atoms with Crippen LogP contribution in [0.15, 0.2) is 66.7 Å². The van der Waals surface area contributed by atoms with Crippen LogP contribution in [0.4, 0.5) is 5.69 Å². The first-order chi connectivity index (χ1) is 15.4. The first-order valence-electron chi connectivity index (χ1n) is 11.0. The second-order valence-electron chi connectivity index (χ2n) is 9.52. The van der Waals surface area contributed by atoms with Gasteiger partial charge in [-0.25, -0.2) is 4.90 Å². The fourth-order valence-electron chi connectivity index (χ4n) is 6.58. The number of aldehydes is 1. The molecule has 4 heteroatoms. The van der Waals surface area contributed by atoms with Crippen LogP contribution in [0.25, 0.3) is 0 Å². The van der Waals surface area contributed by atoms with Gasteiger partial charge in [0.2, 0.25) is 11.8 Å². The number of carbonyl (C=O) groups excluding carboxylic acids is 3. The SMILES string of the molecule is Cc1ccc(N2C(=O)[C@@H]3[C@H](C2=O)C2(C)c4ccccc4C3(C=O)c3ccccc32)cc1C. The fraction of sp³-hybridized carbons (Fsp3) is 0.250. The lowest BCUT2D eigenvalue weighted by Gasteiger charge is -2.56. The van der Waals surface area contributed by atoms with Crippen molar-refractivity contribution >= 4 is 23.8 Å². The van der Waals surface area contributed by atoms with E-state index in [4.69, 9.17) is 0 Å². The Kier molecular flexibility index (Phi) is 3.62. The predicted octanol–water partition coefficient (Wildman–Crippen LogP) is 4.23. The van der Waals surface area contributed by atoms with E-state index in [-0.39, 0.29) is 11.8 Å². The number of hydrogen-bond acceptors (Lipinski definition) is 3. The van der Waals surface area contributed by atoms with Crippen molar-refractivity contribution in [3.8, 4) is 0 Å². The summed E-state index contributed by atoms with van der Waals surface area (Å²) in [6.45, 7) is 6.04. The van der Waals surface area contributed by atoms with E-state index in [1.165, 1.54) is 4.90 Å². The molecule has 3 aromatic carbocycles. The zero-order valence-corrected chi connectivity index (χ0v) is 18.3. The monoisotopic (exact) mass is 421 g/mol. The molecule has 1 aliphatic heterocycles. The molecule has 4 aliphatic rings. The van der Waals surface area contributed by atoms with Crippen molar-refractivity contribution in [3.63, 3.8) is 0 Å². The predicted molar refractivity (Wildman–Crippen MR) is 122 cm³/mol. The molecule has 1 heterocycles. The van der Waals surface area contributed by atoms with E-state index < -0.39 is 22.7 Å². The number of carbonyl (C=O) groups is 3. The van der Waals surface area contributed by atoms with Gasteiger partial charge >= 0.3 is 0 Å². The highest BCUT2D eigenvalue weighted by Gasteiger charge is 2.72. The summed E-state index contributed by atoms with van der Waals surface area (Å²) in [4.78, 5) is 42.4. The smallest absolute Gasteiger partial charge is 0.239 e. The second kappa shape index (κ2) is 6.04. The molecule has 3 aromatic rings. The molecule has 1 saturated heterocycles. The summed E-state index contributed by atoms with van der Waals surface area (Å²) < 4.78 is 0. The van der Waals surface area contributed by atoms with E-state index in [9.17, 15) is 14.4 Å². The van der Waals surface area contributed by atoms with Gasteiger partial charge in [-0.2, -0.15) is 0 Å². The van der Waals surface area contributed by atoms with Crippen molar-refractivity contribution in [1.82, 2.24) is 0 Å². The van der Waals surface area contributed by atoms with E-state index >= 15 is 0 Å². The Hall–Kier alpha value is -3.53. The maximum absolute atomic E-state index is 14.0. The molecule has 0 unspecified atom stereocenters. The Bertz CT molecular complexity index is 1310. The van der Waals surface area contributed by atoms with E-state index in [1.807, 2.05) is 80.6 Å². The number of amides is 2. The Morgan fingerprint density at radius 2 is 1.28 bits per heavy atom. The van der Waals surface area contributed by atoms with Crippen LogP contribution in [0.3, 0.4) is 0 Å². The largest absolute Gasteiger partial charge is 0.302 e. The summed E-state index contributed by atoms with van der Waals surface area (Å²) in [6.07, 6.45) is 0.913. The van der Waals surface area contributed by atoms with Crippen molar-refractivity contribution in [3.05, 3.63) is 100 Å². The standard InChI is InChI=1S/C28H23NO3/c1-16-12-13-18(14-17(16)2)29-25(31)23-24(26(29)32)28(15-30)21-10-6-4-8-19(21)27(23,3)20-9-5-7-11-22(20)28/h4-15,23-24H,1-3H3/t23-,24+,27?,28?/m1/s1. The summed E-state index contributed by atoms with van der Waals surface area (Å²) in [6, 6.07) is 21.3. The lowest BCUT2D eigenvalue weighted by atomic mass is 9.42. The number of rotatable bonds is 2. The summed E-state index contributed by atoms with van der Waals surface area (Å²) >= 11 is 0. The lowest BCUT2D eigenvalue weighted by molar-refractivity contribution is -0.129. The highest BCUT2D eigenvalue weighted by molar-refractivity contribution is 6.25. The molecule has 0 spiro atoms. The summed E-state index contributed by atoms with van der Waals surface area (Å²) in [5.41, 5.74) is 4.46. The maximum atomic E-state index is 14.0. The molecular formula is C28H23NO3. The van der Waals surface area contributed by atoms with Crippen LogP contribution in [0.1, 0.15) is 40.3 Å². The topological polar surface area (TPSA) is 54.5 Å². The fourth-order valence-corrected chi connectivity index (χ4v) is 6.58. The van der Waals surface area contributed by atoms with Gasteiger partial charge in [-0.1, -0.05) is 61.5 Å². The molecule has 7 rings (SSSR count). The van der Waals surface area contributed by atoms with Crippen LogP contribution < -0.4 is 4.90 Å². The Balaban J connectivity index is 1.68. The first-order valence-corrected chi connectivity index (χ1v) is 11.0. The molecule has 0 radical (unpaired) electrons.